The molecule has 1 heterocycles. The molecule has 0 fully saturated rings. The zero-order valence-electron chi connectivity index (χ0n) is 11.0. The fraction of sp³-hybridized carbons (Fsp3) is 0.286. The van der Waals surface area contributed by atoms with Crippen LogP contribution in [0.5, 0.6) is 0 Å². The van der Waals surface area contributed by atoms with Gasteiger partial charge in [0.2, 0.25) is 0 Å². The van der Waals surface area contributed by atoms with Crippen LogP contribution in [0.2, 0.25) is 0 Å². The van der Waals surface area contributed by atoms with Crippen LogP contribution in [0.3, 0.4) is 0 Å². The summed E-state index contributed by atoms with van der Waals surface area (Å²) in [5.74, 6) is -0.181. The quantitative estimate of drug-likeness (QED) is 0.914. The van der Waals surface area contributed by atoms with Crippen LogP contribution < -0.4 is 5.73 Å². The summed E-state index contributed by atoms with van der Waals surface area (Å²) in [6.45, 7) is 4.46. The molecular formula is C14H17N3O2. The first-order valence-electron chi connectivity index (χ1n) is 6.14. The van der Waals surface area contributed by atoms with Gasteiger partial charge in [-0.1, -0.05) is 30.3 Å². The molecule has 2 rings (SSSR count). The molecule has 1 aromatic carbocycles. The van der Waals surface area contributed by atoms with Crippen molar-refractivity contribution in [2.45, 2.75) is 26.4 Å². The number of nitrogens with zero attached hydrogens (tertiary/aromatic N) is 2. The number of hydrogen-bond donors (Lipinski definition) is 1. The largest absolute Gasteiger partial charge is 0.431 e. The molecule has 0 spiro atoms. The Labute approximate surface area is 112 Å². The predicted octanol–water partition coefficient (Wildman–Crippen LogP) is 2.31. The molecule has 0 unspecified atom stereocenters. The zero-order chi connectivity index (χ0) is 13.8. The van der Waals surface area contributed by atoms with E-state index in [0.29, 0.717) is 6.54 Å². The fourth-order valence-electron chi connectivity index (χ4n) is 1.80. The van der Waals surface area contributed by atoms with Crippen molar-refractivity contribution in [1.82, 2.24) is 9.88 Å². The SMILES string of the molecule is CC(C)N(Cc1ccccc1)C(=O)c1coc(N)n1. The van der Waals surface area contributed by atoms with E-state index in [1.165, 1.54) is 6.26 Å². The van der Waals surface area contributed by atoms with Gasteiger partial charge in [-0.25, -0.2) is 0 Å². The smallest absolute Gasteiger partial charge is 0.292 e. The van der Waals surface area contributed by atoms with E-state index in [9.17, 15) is 4.79 Å². The summed E-state index contributed by atoms with van der Waals surface area (Å²) in [5, 5.41) is 0. The maximum absolute atomic E-state index is 12.4. The highest BCUT2D eigenvalue weighted by Crippen LogP contribution is 2.13. The van der Waals surface area contributed by atoms with Crippen LogP contribution in [0.15, 0.2) is 41.0 Å². The van der Waals surface area contributed by atoms with Crippen molar-refractivity contribution in [3.05, 3.63) is 47.9 Å². The number of nitrogens with two attached hydrogens (primary N) is 1. The Morgan fingerprint density at radius 2 is 2.05 bits per heavy atom. The molecule has 2 N–H and O–H groups in total. The second kappa shape index (κ2) is 5.56. The lowest BCUT2D eigenvalue weighted by Crippen LogP contribution is -2.36. The van der Waals surface area contributed by atoms with Crippen LogP contribution in [-0.4, -0.2) is 21.8 Å². The average molecular weight is 259 g/mol. The molecular weight excluding hydrogens is 242 g/mol. The van der Waals surface area contributed by atoms with Gasteiger partial charge < -0.3 is 15.1 Å². The van der Waals surface area contributed by atoms with E-state index in [1.54, 1.807) is 4.90 Å². The van der Waals surface area contributed by atoms with E-state index >= 15 is 0 Å². The number of hydrogen-bond acceptors (Lipinski definition) is 4. The lowest BCUT2D eigenvalue weighted by atomic mass is 10.2. The van der Waals surface area contributed by atoms with Gasteiger partial charge in [-0.2, -0.15) is 4.98 Å². The van der Waals surface area contributed by atoms with Crippen molar-refractivity contribution in [3.8, 4) is 0 Å². The monoisotopic (exact) mass is 259 g/mol. The number of amides is 1. The number of oxazole rings is 1. The van der Waals surface area contributed by atoms with Crippen molar-refractivity contribution < 1.29 is 9.21 Å². The van der Waals surface area contributed by atoms with Crippen LogP contribution in [0, 0.1) is 0 Å². The molecule has 1 amide bonds. The van der Waals surface area contributed by atoms with Gasteiger partial charge in [-0.05, 0) is 19.4 Å². The lowest BCUT2D eigenvalue weighted by Gasteiger charge is -2.25. The van der Waals surface area contributed by atoms with Crippen LogP contribution in [-0.2, 0) is 6.54 Å². The van der Waals surface area contributed by atoms with Gasteiger partial charge >= 0.3 is 0 Å². The van der Waals surface area contributed by atoms with Crippen LogP contribution in [0.1, 0.15) is 29.9 Å². The van der Waals surface area contributed by atoms with Crippen LogP contribution in [0.25, 0.3) is 0 Å². The Hall–Kier alpha value is -2.30. The molecule has 0 saturated heterocycles. The number of aromatic nitrogens is 1. The number of rotatable bonds is 4. The highest BCUT2D eigenvalue weighted by Gasteiger charge is 2.21. The summed E-state index contributed by atoms with van der Waals surface area (Å²) in [5.41, 5.74) is 6.71. The van der Waals surface area contributed by atoms with Crippen molar-refractivity contribution in [3.63, 3.8) is 0 Å². The Morgan fingerprint density at radius 3 is 2.58 bits per heavy atom. The number of anilines is 1. The van der Waals surface area contributed by atoms with Crippen molar-refractivity contribution >= 4 is 11.9 Å². The van der Waals surface area contributed by atoms with Gasteiger partial charge in [0, 0.05) is 12.6 Å². The highest BCUT2D eigenvalue weighted by molar-refractivity contribution is 5.92. The van der Waals surface area contributed by atoms with E-state index in [2.05, 4.69) is 4.98 Å². The minimum atomic E-state index is -0.181. The number of carbonyl (C=O) groups is 1. The molecule has 0 bridgehead atoms. The molecule has 0 atom stereocenters. The molecule has 0 aliphatic carbocycles. The maximum Gasteiger partial charge on any atom is 0.292 e. The Morgan fingerprint density at radius 1 is 1.37 bits per heavy atom. The number of carbonyl (C=O) groups excluding carboxylic acids is 1. The second-order valence-corrected chi connectivity index (χ2v) is 4.58. The first-order valence-corrected chi connectivity index (χ1v) is 6.14. The zero-order valence-corrected chi connectivity index (χ0v) is 11.0. The van der Waals surface area contributed by atoms with E-state index in [-0.39, 0.29) is 23.7 Å². The van der Waals surface area contributed by atoms with Gasteiger partial charge in [0.05, 0.1) is 0 Å². The lowest BCUT2D eigenvalue weighted by molar-refractivity contribution is 0.0684. The maximum atomic E-state index is 12.4. The Kier molecular flexibility index (Phi) is 3.85. The standard InChI is InChI=1S/C14H17N3O2/c1-10(2)17(8-11-6-4-3-5-7-11)13(18)12-9-19-14(15)16-12/h3-7,9-10H,8H2,1-2H3,(H2,15,16). The average Bonchev–Trinajstić information content (AvgIpc) is 2.83. The summed E-state index contributed by atoms with van der Waals surface area (Å²) >= 11 is 0. The molecule has 5 heteroatoms. The molecule has 100 valence electrons. The topological polar surface area (TPSA) is 72.4 Å². The van der Waals surface area contributed by atoms with Gasteiger partial charge in [-0.3, -0.25) is 4.79 Å². The van der Waals surface area contributed by atoms with Crippen LogP contribution >= 0.6 is 0 Å². The van der Waals surface area contributed by atoms with E-state index in [1.807, 2.05) is 44.2 Å². The van der Waals surface area contributed by atoms with Crippen molar-refractivity contribution in [2.75, 3.05) is 5.73 Å². The third-order valence-corrected chi connectivity index (χ3v) is 2.82. The first-order chi connectivity index (χ1) is 9.08. The molecule has 19 heavy (non-hydrogen) atoms. The highest BCUT2D eigenvalue weighted by atomic mass is 16.4. The molecule has 0 aliphatic heterocycles. The van der Waals surface area contributed by atoms with E-state index in [4.69, 9.17) is 10.2 Å². The molecule has 1 aromatic heterocycles. The third-order valence-electron chi connectivity index (χ3n) is 2.82. The minimum Gasteiger partial charge on any atom is -0.431 e. The number of nitrogen functional groups attached to an aromatic ring is 1. The molecule has 0 radical (unpaired) electrons. The van der Waals surface area contributed by atoms with E-state index < -0.39 is 0 Å². The van der Waals surface area contributed by atoms with E-state index in [0.717, 1.165) is 5.56 Å². The third kappa shape index (κ3) is 3.13. The molecule has 0 aliphatic rings. The Balaban J connectivity index is 2.19. The molecule has 5 nitrogen and oxygen atoms in total. The summed E-state index contributed by atoms with van der Waals surface area (Å²) in [6, 6.07) is 9.89. The summed E-state index contributed by atoms with van der Waals surface area (Å²) in [4.78, 5) is 18.0. The molecule has 2 aromatic rings. The minimum absolute atomic E-state index is 0.00627. The van der Waals surface area contributed by atoms with Crippen molar-refractivity contribution in [2.24, 2.45) is 0 Å². The van der Waals surface area contributed by atoms with Gasteiger partial charge in [0.15, 0.2) is 5.69 Å². The van der Waals surface area contributed by atoms with Gasteiger partial charge in [-0.15, -0.1) is 0 Å². The second-order valence-electron chi connectivity index (χ2n) is 4.58. The van der Waals surface area contributed by atoms with Gasteiger partial charge in [0.1, 0.15) is 6.26 Å². The van der Waals surface area contributed by atoms with Crippen molar-refractivity contribution in [1.29, 1.82) is 0 Å². The first kappa shape index (κ1) is 13.1. The fourth-order valence-corrected chi connectivity index (χ4v) is 1.80. The molecule has 0 saturated carbocycles. The van der Waals surface area contributed by atoms with Crippen LogP contribution in [0.4, 0.5) is 6.01 Å². The van der Waals surface area contributed by atoms with Gasteiger partial charge in [0.25, 0.3) is 11.9 Å². The predicted molar refractivity (Wildman–Crippen MR) is 72.4 cm³/mol. The Bertz CT molecular complexity index is 549. The number of benzene rings is 1. The summed E-state index contributed by atoms with van der Waals surface area (Å²) in [7, 11) is 0. The normalized spacial score (nSPS) is 10.7. The summed E-state index contributed by atoms with van der Waals surface area (Å²) in [6.07, 6.45) is 1.29. The summed E-state index contributed by atoms with van der Waals surface area (Å²) < 4.78 is 4.88.